The monoisotopic (exact) mass is 427 g/mol. The third-order valence-electron chi connectivity index (χ3n) is 4.84. The number of aromatic nitrogens is 2. The van der Waals surface area contributed by atoms with Crippen molar-refractivity contribution in [1.29, 1.82) is 0 Å². The van der Waals surface area contributed by atoms with Gasteiger partial charge in [0.25, 0.3) is 5.91 Å². The molecule has 0 unspecified atom stereocenters. The minimum Gasteiger partial charge on any atom is -0.452 e. The van der Waals surface area contributed by atoms with Crippen LogP contribution in [0.25, 0.3) is 10.8 Å². The molecule has 0 spiro atoms. The number of pyridine rings is 2. The smallest absolute Gasteiger partial charge is 0.344 e. The fraction of sp³-hybridized carbons (Fsp3) is 0.120. The summed E-state index contributed by atoms with van der Waals surface area (Å²) in [7, 11) is 0. The lowest BCUT2D eigenvalue weighted by atomic mass is 10.1. The van der Waals surface area contributed by atoms with E-state index in [9.17, 15) is 9.59 Å². The van der Waals surface area contributed by atoms with Crippen LogP contribution in [0, 0.1) is 0 Å². The highest BCUT2D eigenvalue weighted by Gasteiger charge is 2.21. The van der Waals surface area contributed by atoms with E-state index in [2.05, 4.69) is 9.97 Å². The van der Waals surface area contributed by atoms with Crippen molar-refractivity contribution in [2.24, 2.45) is 0 Å². The number of carbonyl (C=O) groups excluding carboxylic acids is 2. The number of rotatable bonds is 7. The Morgan fingerprint density at radius 3 is 2.56 bits per heavy atom. The number of hydrogen-bond donors (Lipinski definition) is 0. The van der Waals surface area contributed by atoms with E-state index in [-0.39, 0.29) is 17.4 Å². The molecule has 160 valence electrons. The van der Waals surface area contributed by atoms with Crippen molar-refractivity contribution in [3.05, 3.63) is 90.9 Å². The van der Waals surface area contributed by atoms with E-state index < -0.39 is 12.6 Å². The van der Waals surface area contributed by atoms with Crippen LogP contribution >= 0.6 is 0 Å². The normalized spacial score (nSPS) is 10.5. The zero-order valence-electron chi connectivity index (χ0n) is 17.5. The third-order valence-corrected chi connectivity index (χ3v) is 4.84. The average molecular weight is 427 g/mol. The fourth-order valence-corrected chi connectivity index (χ4v) is 3.35. The van der Waals surface area contributed by atoms with Crippen molar-refractivity contribution in [1.82, 2.24) is 9.97 Å². The standard InChI is InChI=1S/C25H21N3O4/c1-2-28(22-13-5-9-18-8-3-4-11-20(18)22)23(29)17-31-25(30)21-12-7-15-27-24(21)32-19-10-6-14-26-16-19/h3-16H,2,17H2,1H3. The van der Waals surface area contributed by atoms with Crippen molar-refractivity contribution < 1.29 is 19.1 Å². The van der Waals surface area contributed by atoms with Crippen molar-refractivity contribution in [2.75, 3.05) is 18.1 Å². The van der Waals surface area contributed by atoms with E-state index in [0.717, 1.165) is 16.5 Å². The van der Waals surface area contributed by atoms with Crippen molar-refractivity contribution in [3.63, 3.8) is 0 Å². The minimum atomic E-state index is -0.695. The van der Waals surface area contributed by atoms with E-state index >= 15 is 0 Å². The highest BCUT2D eigenvalue weighted by molar-refractivity contribution is 6.04. The number of likely N-dealkylation sites (N-methyl/N-ethyl adjacent to an activating group) is 1. The summed E-state index contributed by atoms with van der Waals surface area (Å²) in [4.78, 5) is 35.3. The Morgan fingerprint density at radius 2 is 1.75 bits per heavy atom. The molecule has 0 atom stereocenters. The maximum atomic E-state index is 12.9. The number of benzene rings is 2. The molecule has 1 amide bonds. The predicted octanol–water partition coefficient (Wildman–Crippen LogP) is 4.63. The van der Waals surface area contributed by atoms with Gasteiger partial charge >= 0.3 is 5.97 Å². The average Bonchev–Trinajstić information content (AvgIpc) is 2.84. The van der Waals surface area contributed by atoms with Crippen LogP contribution in [0.4, 0.5) is 5.69 Å². The van der Waals surface area contributed by atoms with Crippen LogP contribution < -0.4 is 9.64 Å². The molecule has 0 saturated carbocycles. The number of fused-ring (bicyclic) bond motifs is 1. The second-order valence-electron chi connectivity index (χ2n) is 6.86. The van der Waals surface area contributed by atoms with Gasteiger partial charge in [0.15, 0.2) is 6.61 Å². The Bertz CT molecular complexity index is 1240. The molecular weight excluding hydrogens is 406 g/mol. The summed E-state index contributed by atoms with van der Waals surface area (Å²) in [6.45, 7) is 1.91. The maximum Gasteiger partial charge on any atom is 0.344 e. The van der Waals surface area contributed by atoms with Gasteiger partial charge in [-0.2, -0.15) is 0 Å². The Labute approximate surface area is 185 Å². The molecule has 0 fully saturated rings. The summed E-state index contributed by atoms with van der Waals surface area (Å²) in [6.07, 6.45) is 4.63. The molecule has 0 aliphatic rings. The van der Waals surface area contributed by atoms with Crippen LogP contribution in [0.5, 0.6) is 11.6 Å². The summed E-state index contributed by atoms with van der Waals surface area (Å²) < 4.78 is 11.0. The van der Waals surface area contributed by atoms with Gasteiger partial charge in [-0.15, -0.1) is 0 Å². The molecule has 0 aliphatic heterocycles. The number of hydrogen-bond acceptors (Lipinski definition) is 6. The number of esters is 1. The van der Waals surface area contributed by atoms with Gasteiger partial charge in [-0.05, 0) is 42.6 Å². The molecule has 7 heteroatoms. The molecule has 0 aliphatic carbocycles. The molecule has 4 rings (SSSR count). The topological polar surface area (TPSA) is 81.6 Å². The van der Waals surface area contributed by atoms with Crippen molar-refractivity contribution >= 4 is 28.3 Å². The summed E-state index contributed by atoms with van der Waals surface area (Å²) >= 11 is 0. The van der Waals surface area contributed by atoms with Crippen LogP contribution in [0.3, 0.4) is 0 Å². The molecular formula is C25H21N3O4. The molecule has 2 aromatic carbocycles. The fourth-order valence-electron chi connectivity index (χ4n) is 3.35. The van der Waals surface area contributed by atoms with Gasteiger partial charge < -0.3 is 14.4 Å². The number of nitrogens with zero attached hydrogens (tertiary/aromatic N) is 3. The van der Waals surface area contributed by atoms with Crippen molar-refractivity contribution in [2.45, 2.75) is 6.92 Å². The molecule has 0 saturated heterocycles. The largest absolute Gasteiger partial charge is 0.452 e. The first-order valence-electron chi connectivity index (χ1n) is 10.2. The third kappa shape index (κ3) is 4.57. The summed E-state index contributed by atoms with van der Waals surface area (Å²) in [6, 6.07) is 20.1. The van der Waals surface area contributed by atoms with E-state index in [1.807, 2.05) is 49.4 Å². The summed E-state index contributed by atoms with van der Waals surface area (Å²) in [5.74, 6) is -0.501. The molecule has 2 heterocycles. The Kier molecular flexibility index (Phi) is 6.36. The van der Waals surface area contributed by atoms with Gasteiger partial charge in [-0.3, -0.25) is 9.78 Å². The molecule has 4 aromatic rings. The SMILES string of the molecule is CCN(C(=O)COC(=O)c1cccnc1Oc1cccnc1)c1cccc2ccccc12. The van der Waals surface area contributed by atoms with Gasteiger partial charge in [-0.1, -0.05) is 36.4 Å². The van der Waals surface area contributed by atoms with Gasteiger partial charge in [0, 0.05) is 24.3 Å². The van der Waals surface area contributed by atoms with E-state index in [4.69, 9.17) is 9.47 Å². The van der Waals surface area contributed by atoms with Crippen LogP contribution in [-0.4, -0.2) is 35.0 Å². The Morgan fingerprint density at radius 1 is 0.938 bits per heavy atom. The minimum absolute atomic E-state index is 0.0827. The second-order valence-corrected chi connectivity index (χ2v) is 6.86. The lowest BCUT2D eigenvalue weighted by molar-refractivity contribution is -0.121. The Balaban J connectivity index is 1.48. The molecule has 0 bridgehead atoms. The summed E-state index contributed by atoms with van der Waals surface area (Å²) in [5.41, 5.74) is 0.894. The molecule has 0 radical (unpaired) electrons. The van der Waals surface area contributed by atoms with Gasteiger partial charge in [-0.25, -0.2) is 9.78 Å². The number of amides is 1. The first-order chi connectivity index (χ1) is 15.7. The van der Waals surface area contributed by atoms with Crippen LogP contribution in [0.15, 0.2) is 85.3 Å². The molecule has 0 N–H and O–H groups in total. The van der Waals surface area contributed by atoms with Crippen LogP contribution in [0.2, 0.25) is 0 Å². The highest BCUT2D eigenvalue weighted by Crippen LogP contribution is 2.27. The molecule has 2 aromatic heterocycles. The zero-order chi connectivity index (χ0) is 22.3. The molecule has 7 nitrogen and oxygen atoms in total. The lowest BCUT2D eigenvalue weighted by Gasteiger charge is -2.22. The zero-order valence-corrected chi connectivity index (χ0v) is 17.5. The number of carbonyl (C=O) groups is 2. The lowest BCUT2D eigenvalue weighted by Crippen LogP contribution is -2.34. The van der Waals surface area contributed by atoms with Crippen LogP contribution in [0.1, 0.15) is 17.3 Å². The Hall–Kier alpha value is -4.26. The highest BCUT2D eigenvalue weighted by atomic mass is 16.5. The predicted molar refractivity (Wildman–Crippen MR) is 121 cm³/mol. The first-order valence-corrected chi connectivity index (χ1v) is 10.2. The second kappa shape index (κ2) is 9.70. The first kappa shape index (κ1) is 21.0. The van der Waals surface area contributed by atoms with Gasteiger partial charge in [0.05, 0.1) is 11.9 Å². The maximum absolute atomic E-state index is 12.9. The molecule has 32 heavy (non-hydrogen) atoms. The number of anilines is 1. The van der Waals surface area contributed by atoms with Gasteiger partial charge in [0.1, 0.15) is 11.3 Å². The quantitative estimate of drug-likeness (QED) is 0.400. The van der Waals surface area contributed by atoms with E-state index in [1.54, 1.807) is 29.3 Å². The van der Waals surface area contributed by atoms with Crippen LogP contribution in [-0.2, 0) is 9.53 Å². The van der Waals surface area contributed by atoms with E-state index in [1.165, 1.54) is 18.5 Å². The van der Waals surface area contributed by atoms with Crippen molar-refractivity contribution in [3.8, 4) is 11.6 Å². The number of ether oxygens (including phenoxy) is 2. The summed E-state index contributed by atoms with van der Waals surface area (Å²) in [5, 5.41) is 1.98. The van der Waals surface area contributed by atoms with E-state index in [0.29, 0.717) is 12.3 Å². The van der Waals surface area contributed by atoms with Gasteiger partial charge in [0.2, 0.25) is 5.88 Å².